The fourth-order valence-corrected chi connectivity index (χ4v) is 4.48. The van der Waals surface area contributed by atoms with Gasteiger partial charge in [-0.1, -0.05) is 30.3 Å². The minimum absolute atomic E-state index is 0.157. The smallest absolute Gasteiger partial charge is 0.283 e. The quantitative estimate of drug-likeness (QED) is 0.484. The molecule has 6 rings (SSSR count). The van der Waals surface area contributed by atoms with Crippen molar-refractivity contribution in [1.82, 2.24) is 4.98 Å². The zero-order valence-electron chi connectivity index (χ0n) is 17.5. The van der Waals surface area contributed by atoms with Crippen molar-refractivity contribution >= 4 is 6.02 Å². The molecular weight excluding hydrogens is 412 g/mol. The average molecular weight is 430 g/mol. The Morgan fingerprint density at radius 3 is 2.09 bits per heavy atom. The van der Waals surface area contributed by atoms with Crippen molar-refractivity contribution in [2.75, 3.05) is 6.61 Å². The van der Waals surface area contributed by atoms with Crippen LogP contribution in [-0.2, 0) is 10.3 Å². The van der Waals surface area contributed by atoms with Gasteiger partial charge in [0.2, 0.25) is 0 Å². The number of fused-ring (bicyclic) bond motifs is 4. The lowest BCUT2D eigenvalue weighted by molar-refractivity contribution is 0.264. The maximum Gasteiger partial charge on any atom is 0.283 e. The van der Waals surface area contributed by atoms with E-state index in [4.69, 9.17) is 25.5 Å². The third-order valence-corrected chi connectivity index (χ3v) is 6.14. The van der Waals surface area contributed by atoms with Crippen molar-refractivity contribution in [1.29, 1.82) is 5.26 Å². The van der Waals surface area contributed by atoms with Gasteiger partial charge in [0.1, 0.15) is 18.1 Å². The van der Waals surface area contributed by atoms with Gasteiger partial charge in [0.05, 0.1) is 11.6 Å². The molecule has 0 saturated heterocycles. The number of amidine groups is 1. The molecule has 6 nitrogen and oxygen atoms in total. The Bertz CT molecular complexity index is 1460. The molecule has 0 fully saturated rings. The summed E-state index contributed by atoms with van der Waals surface area (Å²) >= 11 is 0. The largest absolute Gasteiger partial charge is 0.462 e. The number of aliphatic imine (C=N–C) groups is 1. The van der Waals surface area contributed by atoms with Crippen molar-refractivity contribution in [3.8, 4) is 39.8 Å². The first-order valence-corrected chi connectivity index (χ1v) is 10.5. The van der Waals surface area contributed by atoms with E-state index in [0.717, 1.165) is 44.9 Å². The van der Waals surface area contributed by atoms with E-state index in [1.165, 1.54) is 0 Å². The number of pyridine rings is 1. The van der Waals surface area contributed by atoms with E-state index in [2.05, 4.69) is 23.2 Å². The lowest BCUT2D eigenvalue weighted by Gasteiger charge is -2.34. The van der Waals surface area contributed by atoms with E-state index in [1.807, 2.05) is 66.9 Å². The van der Waals surface area contributed by atoms with Crippen LogP contribution in [0.3, 0.4) is 0 Å². The Labute approximate surface area is 190 Å². The fourth-order valence-electron chi connectivity index (χ4n) is 4.48. The SMILES string of the molecule is N#Cc1ccc(-c2ccc3c(c2)[C@]2(COC(N)=N2)c2cc(-c4cccnc4)ccc2O3)cc1. The Kier molecular flexibility index (Phi) is 4.17. The minimum atomic E-state index is -0.812. The third-order valence-electron chi connectivity index (χ3n) is 6.14. The van der Waals surface area contributed by atoms with E-state index in [0.29, 0.717) is 5.56 Å². The monoisotopic (exact) mass is 430 g/mol. The molecule has 2 N–H and O–H groups in total. The molecule has 1 atom stereocenters. The first-order chi connectivity index (χ1) is 16.2. The number of rotatable bonds is 2. The van der Waals surface area contributed by atoms with Crippen LogP contribution in [0.1, 0.15) is 16.7 Å². The minimum Gasteiger partial charge on any atom is -0.462 e. The molecule has 0 saturated carbocycles. The highest BCUT2D eigenvalue weighted by Crippen LogP contribution is 2.52. The average Bonchev–Trinajstić information content (AvgIpc) is 3.26. The van der Waals surface area contributed by atoms with E-state index in [1.54, 1.807) is 6.20 Å². The number of nitrogens with zero attached hydrogens (tertiary/aromatic N) is 3. The summed E-state index contributed by atoms with van der Waals surface area (Å²) in [6.45, 7) is 0.287. The first kappa shape index (κ1) is 19.1. The molecule has 1 spiro atoms. The lowest BCUT2D eigenvalue weighted by atomic mass is 9.79. The highest BCUT2D eigenvalue weighted by atomic mass is 16.5. The van der Waals surface area contributed by atoms with Crippen LogP contribution in [0, 0.1) is 11.3 Å². The van der Waals surface area contributed by atoms with Gasteiger partial charge in [-0.05, 0) is 59.2 Å². The summed E-state index contributed by atoms with van der Waals surface area (Å²) < 4.78 is 12.0. The third kappa shape index (κ3) is 3.02. The lowest BCUT2D eigenvalue weighted by Crippen LogP contribution is -2.31. The van der Waals surface area contributed by atoms with E-state index in [9.17, 15) is 0 Å². The number of nitrogens with two attached hydrogens (primary N) is 1. The Balaban J connectivity index is 1.53. The Morgan fingerprint density at radius 2 is 1.52 bits per heavy atom. The zero-order valence-corrected chi connectivity index (χ0v) is 17.5. The Hall–Kier alpha value is -4.63. The maximum absolute atomic E-state index is 9.11. The van der Waals surface area contributed by atoms with Crippen LogP contribution >= 0.6 is 0 Å². The highest BCUT2D eigenvalue weighted by Gasteiger charge is 2.47. The van der Waals surface area contributed by atoms with Crippen molar-refractivity contribution in [2.24, 2.45) is 10.7 Å². The van der Waals surface area contributed by atoms with Gasteiger partial charge in [0.15, 0.2) is 5.54 Å². The molecule has 0 unspecified atom stereocenters. The summed E-state index contributed by atoms with van der Waals surface area (Å²) in [6, 6.07) is 25.8. The first-order valence-electron chi connectivity index (χ1n) is 10.5. The van der Waals surface area contributed by atoms with Crippen LogP contribution in [0.5, 0.6) is 11.5 Å². The van der Waals surface area contributed by atoms with Gasteiger partial charge in [-0.3, -0.25) is 4.98 Å². The van der Waals surface area contributed by atoms with Gasteiger partial charge in [0.25, 0.3) is 6.02 Å². The van der Waals surface area contributed by atoms with Gasteiger partial charge in [0, 0.05) is 29.1 Å². The number of nitriles is 1. The number of aromatic nitrogens is 1. The topological polar surface area (TPSA) is 93.5 Å². The van der Waals surface area contributed by atoms with Gasteiger partial charge in [-0.2, -0.15) is 5.26 Å². The molecule has 6 heteroatoms. The van der Waals surface area contributed by atoms with Crippen molar-refractivity contribution in [3.63, 3.8) is 0 Å². The van der Waals surface area contributed by atoms with Crippen LogP contribution in [0.2, 0.25) is 0 Å². The van der Waals surface area contributed by atoms with E-state index < -0.39 is 5.54 Å². The summed E-state index contributed by atoms with van der Waals surface area (Å²) in [5.41, 5.74) is 11.6. The summed E-state index contributed by atoms with van der Waals surface area (Å²) in [5, 5.41) is 9.11. The molecular formula is C27H18N4O2. The highest BCUT2D eigenvalue weighted by molar-refractivity contribution is 5.79. The fraction of sp³-hybridized carbons (Fsp3) is 0.0741. The molecule has 33 heavy (non-hydrogen) atoms. The Morgan fingerprint density at radius 1 is 0.848 bits per heavy atom. The van der Waals surface area contributed by atoms with Crippen LogP contribution in [0.15, 0.2) is 90.2 Å². The molecule has 0 bridgehead atoms. The second-order valence-electron chi connectivity index (χ2n) is 8.05. The van der Waals surface area contributed by atoms with E-state index >= 15 is 0 Å². The van der Waals surface area contributed by atoms with Crippen LogP contribution in [0.25, 0.3) is 22.3 Å². The molecule has 3 heterocycles. The number of ether oxygens (including phenoxy) is 2. The predicted molar refractivity (Wildman–Crippen MR) is 125 cm³/mol. The number of benzene rings is 3. The van der Waals surface area contributed by atoms with Crippen LogP contribution in [-0.4, -0.2) is 17.6 Å². The maximum atomic E-state index is 9.11. The van der Waals surface area contributed by atoms with E-state index in [-0.39, 0.29) is 12.6 Å². The van der Waals surface area contributed by atoms with Gasteiger partial charge in [-0.15, -0.1) is 0 Å². The molecule has 4 aromatic rings. The molecule has 3 aromatic carbocycles. The van der Waals surface area contributed by atoms with Crippen LogP contribution < -0.4 is 10.5 Å². The summed E-state index contributed by atoms with van der Waals surface area (Å²) in [4.78, 5) is 9.04. The van der Waals surface area contributed by atoms with Gasteiger partial charge >= 0.3 is 0 Å². The molecule has 158 valence electrons. The van der Waals surface area contributed by atoms with Gasteiger partial charge < -0.3 is 15.2 Å². The standard InChI is InChI=1S/C27H18N4O2/c28-14-17-3-5-18(6-4-17)19-7-9-24-22(12-19)27(16-32-26(29)31-27)23-13-20(8-10-25(23)33-24)21-2-1-11-30-15-21/h1-13,15H,16H2,(H2,29,31)/t27-/m1/s1. The summed E-state index contributed by atoms with van der Waals surface area (Å²) in [5.74, 6) is 1.44. The second-order valence-corrected chi connectivity index (χ2v) is 8.05. The van der Waals surface area contributed by atoms with Gasteiger partial charge in [-0.25, -0.2) is 4.99 Å². The molecule has 0 aliphatic carbocycles. The number of hydrogen-bond acceptors (Lipinski definition) is 6. The van der Waals surface area contributed by atoms with Crippen molar-refractivity contribution < 1.29 is 9.47 Å². The van der Waals surface area contributed by atoms with Crippen molar-refractivity contribution in [2.45, 2.75) is 5.54 Å². The normalized spacial score (nSPS) is 17.8. The number of hydrogen-bond donors (Lipinski definition) is 1. The summed E-state index contributed by atoms with van der Waals surface area (Å²) in [6.07, 6.45) is 3.58. The molecule has 0 radical (unpaired) electrons. The van der Waals surface area contributed by atoms with Crippen LogP contribution in [0.4, 0.5) is 0 Å². The van der Waals surface area contributed by atoms with Crippen molar-refractivity contribution in [3.05, 3.63) is 102 Å². The molecule has 0 amide bonds. The molecule has 1 aromatic heterocycles. The zero-order chi connectivity index (χ0) is 22.4. The molecule has 2 aliphatic rings. The second kappa shape index (κ2) is 7.21. The molecule has 2 aliphatic heterocycles. The summed E-state index contributed by atoms with van der Waals surface area (Å²) in [7, 11) is 0. The predicted octanol–water partition coefficient (Wildman–Crippen LogP) is 4.98.